The van der Waals surface area contributed by atoms with Gasteiger partial charge in [0, 0.05) is 12.0 Å². The standard InChI is InChI=1S/C28H25FO4/c1-18(28(31)32)14-19-6-11-27(33-13-12-20-4-2-3-5-26(20)29)25(15-19)23-8-7-22-17-24(30)10-9-21(22)16-23/h2-11,15-18,30H,12-14H2,1H3,(H,31,32). The van der Waals surface area contributed by atoms with Crippen LogP contribution in [0, 0.1) is 11.7 Å². The minimum atomic E-state index is -0.840. The van der Waals surface area contributed by atoms with E-state index in [1.54, 1.807) is 37.3 Å². The molecule has 0 aliphatic rings. The Bertz CT molecular complexity index is 1300. The van der Waals surface area contributed by atoms with Crippen molar-refractivity contribution in [3.8, 4) is 22.6 Å². The highest BCUT2D eigenvalue weighted by atomic mass is 19.1. The highest BCUT2D eigenvalue weighted by Gasteiger charge is 2.15. The zero-order chi connectivity index (χ0) is 23.4. The third-order valence-electron chi connectivity index (χ3n) is 5.73. The van der Waals surface area contributed by atoms with Crippen LogP contribution in [0.1, 0.15) is 18.1 Å². The number of carboxylic acid groups (broad SMARTS) is 1. The van der Waals surface area contributed by atoms with Gasteiger partial charge in [-0.2, -0.15) is 0 Å². The number of hydrogen-bond acceptors (Lipinski definition) is 3. The van der Waals surface area contributed by atoms with Gasteiger partial charge in [-0.25, -0.2) is 4.39 Å². The van der Waals surface area contributed by atoms with Gasteiger partial charge in [0.1, 0.15) is 17.3 Å². The van der Waals surface area contributed by atoms with E-state index in [2.05, 4.69) is 0 Å². The van der Waals surface area contributed by atoms with Crippen molar-refractivity contribution in [3.63, 3.8) is 0 Å². The summed E-state index contributed by atoms with van der Waals surface area (Å²) >= 11 is 0. The molecule has 0 aliphatic carbocycles. The van der Waals surface area contributed by atoms with Gasteiger partial charge in [-0.15, -0.1) is 0 Å². The Hall–Kier alpha value is -3.86. The Balaban J connectivity index is 1.66. The smallest absolute Gasteiger partial charge is 0.306 e. The van der Waals surface area contributed by atoms with Gasteiger partial charge in [0.05, 0.1) is 12.5 Å². The summed E-state index contributed by atoms with van der Waals surface area (Å²) in [6.07, 6.45) is 0.834. The van der Waals surface area contributed by atoms with Crippen LogP contribution in [-0.2, 0) is 17.6 Å². The predicted octanol–water partition coefficient (Wildman–Crippen LogP) is 6.24. The number of phenols is 1. The van der Waals surface area contributed by atoms with E-state index >= 15 is 0 Å². The lowest BCUT2D eigenvalue weighted by atomic mass is 9.95. The first-order valence-corrected chi connectivity index (χ1v) is 10.9. The summed E-state index contributed by atoms with van der Waals surface area (Å²) in [7, 11) is 0. The fraction of sp³-hybridized carbons (Fsp3) is 0.179. The van der Waals surface area contributed by atoms with Crippen LogP contribution in [0.3, 0.4) is 0 Å². The number of carbonyl (C=O) groups is 1. The van der Waals surface area contributed by atoms with Crippen molar-refractivity contribution in [1.29, 1.82) is 0 Å². The quantitative estimate of drug-likeness (QED) is 0.338. The first-order chi connectivity index (χ1) is 15.9. The topological polar surface area (TPSA) is 66.8 Å². The van der Waals surface area contributed by atoms with E-state index < -0.39 is 11.9 Å². The summed E-state index contributed by atoms with van der Waals surface area (Å²) < 4.78 is 20.0. The molecule has 1 unspecified atom stereocenters. The van der Waals surface area contributed by atoms with E-state index in [1.165, 1.54) is 6.07 Å². The third-order valence-corrected chi connectivity index (χ3v) is 5.73. The molecular formula is C28H25FO4. The molecular weight excluding hydrogens is 419 g/mol. The maximum Gasteiger partial charge on any atom is 0.306 e. The highest BCUT2D eigenvalue weighted by Crippen LogP contribution is 2.34. The van der Waals surface area contributed by atoms with Gasteiger partial charge in [-0.3, -0.25) is 4.79 Å². The molecule has 0 saturated carbocycles. The predicted molar refractivity (Wildman–Crippen MR) is 127 cm³/mol. The molecule has 0 amide bonds. The monoisotopic (exact) mass is 444 g/mol. The Morgan fingerprint density at radius 3 is 2.52 bits per heavy atom. The van der Waals surface area contributed by atoms with Gasteiger partial charge in [0.15, 0.2) is 0 Å². The highest BCUT2D eigenvalue weighted by molar-refractivity contribution is 5.89. The van der Waals surface area contributed by atoms with Crippen molar-refractivity contribution in [2.24, 2.45) is 5.92 Å². The molecule has 0 fully saturated rings. The lowest BCUT2D eigenvalue weighted by Gasteiger charge is -2.15. The van der Waals surface area contributed by atoms with Crippen LogP contribution in [-0.4, -0.2) is 22.8 Å². The van der Waals surface area contributed by atoms with Crippen LogP contribution in [0.15, 0.2) is 78.9 Å². The Labute approximate surface area is 191 Å². The summed E-state index contributed by atoms with van der Waals surface area (Å²) in [5.41, 5.74) is 3.25. The minimum absolute atomic E-state index is 0.206. The van der Waals surface area contributed by atoms with Gasteiger partial charge in [-0.1, -0.05) is 49.4 Å². The number of phenolic OH excluding ortho intramolecular Hbond substituents is 1. The van der Waals surface area contributed by atoms with Gasteiger partial charge in [-0.05, 0) is 70.3 Å². The zero-order valence-electron chi connectivity index (χ0n) is 18.3. The van der Waals surface area contributed by atoms with Crippen LogP contribution in [0.2, 0.25) is 0 Å². The average Bonchev–Trinajstić information content (AvgIpc) is 2.80. The van der Waals surface area contributed by atoms with Crippen molar-refractivity contribution in [2.45, 2.75) is 19.8 Å². The lowest BCUT2D eigenvalue weighted by Crippen LogP contribution is -2.12. The third kappa shape index (κ3) is 5.32. The Morgan fingerprint density at radius 2 is 1.73 bits per heavy atom. The molecule has 0 aliphatic heterocycles. The van der Waals surface area contributed by atoms with Crippen LogP contribution in [0.5, 0.6) is 11.5 Å². The van der Waals surface area contributed by atoms with Crippen molar-refractivity contribution in [3.05, 3.63) is 95.8 Å². The van der Waals surface area contributed by atoms with E-state index in [-0.39, 0.29) is 11.6 Å². The molecule has 0 saturated heterocycles. The van der Waals surface area contributed by atoms with Crippen molar-refractivity contribution >= 4 is 16.7 Å². The molecule has 4 nitrogen and oxygen atoms in total. The van der Waals surface area contributed by atoms with Gasteiger partial charge in [0.25, 0.3) is 0 Å². The maximum absolute atomic E-state index is 14.0. The number of aromatic hydroxyl groups is 1. The molecule has 4 aromatic carbocycles. The number of benzene rings is 4. The normalized spacial score (nSPS) is 11.9. The molecule has 0 radical (unpaired) electrons. The molecule has 0 heterocycles. The summed E-state index contributed by atoms with van der Waals surface area (Å²) in [6.45, 7) is 1.99. The number of rotatable bonds is 8. The van der Waals surface area contributed by atoms with E-state index in [0.29, 0.717) is 30.8 Å². The molecule has 168 valence electrons. The SMILES string of the molecule is CC(Cc1ccc(OCCc2ccccc2F)c(-c2ccc3cc(O)ccc3c2)c1)C(=O)O. The van der Waals surface area contributed by atoms with E-state index in [1.807, 2.05) is 42.5 Å². The Kier molecular flexibility index (Phi) is 6.59. The molecule has 4 aromatic rings. The Morgan fingerprint density at radius 1 is 0.970 bits per heavy atom. The number of hydrogen-bond donors (Lipinski definition) is 2. The molecule has 0 spiro atoms. The molecule has 33 heavy (non-hydrogen) atoms. The summed E-state index contributed by atoms with van der Waals surface area (Å²) in [5, 5.41) is 20.9. The minimum Gasteiger partial charge on any atom is -0.508 e. The van der Waals surface area contributed by atoms with Crippen LogP contribution >= 0.6 is 0 Å². The number of aliphatic carboxylic acids is 1. The summed E-state index contributed by atoms with van der Waals surface area (Å²) in [4.78, 5) is 11.3. The van der Waals surface area contributed by atoms with Gasteiger partial charge >= 0.3 is 5.97 Å². The van der Waals surface area contributed by atoms with Crippen LogP contribution in [0.4, 0.5) is 4.39 Å². The molecule has 4 rings (SSSR count). The van der Waals surface area contributed by atoms with Gasteiger partial charge < -0.3 is 14.9 Å². The molecule has 5 heteroatoms. The largest absolute Gasteiger partial charge is 0.508 e. The second-order valence-electron chi connectivity index (χ2n) is 8.21. The average molecular weight is 445 g/mol. The van der Waals surface area contributed by atoms with Crippen LogP contribution in [0.25, 0.3) is 21.9 Å². The van der Waals surface area contributed by atoms with Crippen LogP contribution < -0.4 is 4.74 Å². The second kappa shape index (κ2) is 9.74. The van der Waals surface area contributed by atoms with E-state index in [4.69, 9.17) is 4.74 Å². The fourth-order valence-electron chi connectivity index (χ4n) is 3.87. The lowest BCUT2D eigenvalue weighted by molar-refractivity contribution is -0.141. The van der Waals surface area contributed by atoms with Gasteiger partial charge in [0.2, 0.25) is 0 Å². The van der Waals surface area contributed by atoms with Crippen molar-refractivity contribution in [2.75, 3.05) is 6.61 Å². The van der Waals surface area contributed by atoms with Crippen molar-refractivity contribution < 1.29 is 24.1 Å². The first kappa shape index (κ1) is 22.3. The second-order valence-corrected chi connectivity index (χ2v) is 8.21. The fourth-order valence-corrected chi connectivity index (χ4v) is 3.87. The number of halogens is 1. The first-order valence-electron chi connectivity index (χ1n) is 10.9. The zero-order valence-corrected chi connectivity index (χ0v) is 18.3. The molecule has 0 bridgehead atoms. The summed E-state index contributed by atoms with van der Waals surface area (Å²) in [6, 6.07) is 23.4. The number of fused-ring (bicyclic) bond motifs is 1. The number of ether oxygens (including phenoxy) is 1. The maximum atomic E-state index is 14.0. The van der Waals surface area contributed by atoms with E-state index in [0.717, 1.165) is 27.5 Å². The number of carboxylic acids is 1. The molecule has 1 atom stereocenters. The van der Waals surface area contributed by atoms with Crippen molar-refractivity contribution in [1.82, 2.24) is 0 Å². The molecule has 2 N–H and O–H groups in total. The van der Waals surface area contributed by atoms with E-state index in [9.17, 15) is 19.4 Å². The molecule has 0 aromatic heterocycles. The summed E-state index contributed by atoms with van der Waals surface area (Å²) in [5.74, 6) is -0.747.